The highest BCUT2D eigenvalue weighted by molar-refractivity contribution is 7.99. The summed E-state index contributed by atoms with van der Waals surface area (Å²) in [5.41, 5.74) is 0.526. The molecule has 1 unspecified atom stereocenters. The minimum Gasteiger partial charge on any atom is -0.444 e. The van der Waals surface area contributed by atoms with Crippen LogP contribution in [0.1, 0.15) is 38.6 Å². The molecule has 8 heteroatoms. The number of piperidine rings is 1. The zero-order valence-corrected chi connectivity index (χ0v) is 19.9. The molecule has 2 heterocycles. The van der Waals surface area contributed by atoms with Crippen LogP contribution in [0.5, 0.6) is 0 Å². The Bertz CT molecular complexity index is 845. The van der Waals surface area contributed by atoms with E-state index in [0.29, 0.717) is 18.8 Å². The van der Waals surface area contributed by atoms with Gasteiger partial charge in [-0.05, 0) is 51.7 Å². The fourth-order valence-corrected chi connectivity index (χ4v) is 5.49. The average Bonchev–Trinajstić information content (AvgIpc) is 3.09. The van der Waals surface area contributed by atoms with Crippen LogP contribution in [0.2, 0.25) is 0 Å². The fourth-order valence-electron chi connectivity index (χ4n) is 3.54. The van der Waals surface area contributed by atoms with Gasteiger partial charge in [-0.1, -0.05) is 12.1 Å². The number of carbonyl (C=O) groups is 2. The average molecular weight is 450 g/mol. The van der Waals surface area contributed by atoms with Crippen molar-refractivity contribution in [2.24, 2.45) is 5.92 Å². The molecule has 2 aromatic rings. The molecular formula is C22H31N3O3S2. The third-order valence-electron chi connectivity index (χ3n) is 4.90. The van der Waals surface area contributed by atoms with Crippen molar-refractivity contribution < 1.29 is 14.3 Å². The first kappa shape index (κ1) is 22.9. The molecule has 0 N–H and O–H groups in total. The van der Waals surface area contributed by atoms with Crippen molar-refractivity contribution in [1.29, 1.82) is 0 Å². The van der Waals surface area contributed by atoms with E-state index in [1.807, 2.05) is 43.9 Å². The number of para-hydroxylation sites is 1. The summed E-state index contributed by atoms with van der Waals surface area (Å²) >= 11 is 3.31. The van der Waals surface area contributed by atoms with E-state index in [4.69, 9.17) is 4.74 Å². The molecule has 0 saturated carbocycles. The Kier molecular flexibility index (Phi) is 7.63. The number of benzene rings is 1. The lowest BCUT2D eigenvalue weighted by molar-refractivity contribution is -0.130. The molecule has 1 aliphatic rings. The van der Waals surface area contributed by atoms with Crippen molar-refractivity contribution in [2.45, 2.75) is 45.0 Å². The molecule has 1 aromatic carbocycles. The molecule has 164 valence electrons. The van der Waals surface area contributed by atoms with Crippen molar-refractivity contribution in [3.05, 3.63) is 29.3 Å². The van der Waals surface area contributed by atoms with Crippen LogP contribution in [-0.2, 0) is 15.3 Å². The van der Waals surface area contributed by atoms with Gasteiger partial charge < -0.3 is 14.5 Å². The van der Waals surface area contributed by atoms with E-state index in [-0.39, 0.29) is 17.9 Å². The Morgan fingerprint density at radius 2 is 2.10 bits per heavy atom. The van der Waals surface area contributed by atoms with E-state index in [9.17, 15) is 9.59 Å². The number of amides is 2. The lowest BCUT2D eigenvalue weighted by Crippen LogP contribution is -2.45. The summed E-state index contributed by atoms with van der Waals surface area (Å²) in [6, 6.07) is 8.12. The molecule has 0 spiro atoms. The van der Waals surface area contributed by atoms with Crippen molar-refractivity contribution >= 4 is 45.3 Å². The van der Waals surface area contributed by atoms with Crippen LogP contribution in [0.3, 0.4) is 0 Å². The number of carbonyl (C=O) groups excluding carboxylic acids is 2. The number of thiazole rings is 1. The van der Waals surface area contributed by atoms with Crippen LogP contribution in [0, 0.1) is 5.92 Å². The summed E-state index contributed by atoms with van der Waals surface area (Å²) in [6.07, 6.45) is 1.69. The van der Waals surface area contributed by atoms with E-state index in [1.54, 1.807) is 35.0 Å². The van der Waals surface area contributed by atoms with Crippen LogP contribution in [-0.4, -0.2) is 64.8 Å². The number of thioether (sulfide) groups is 1. The van der Waals surface area contributed by atoms with Crippen LogP contribution in [0.15, 0.2) is 24.3 Å². The molecule has 6 nitrogen and oxygen atoms in total. The molecule has 1 saturated heterocycles. The molecular weight excluding hydrogens is 418 g/mol. The van der Waals surface area contributed by atoms with Crippen molar-refractivity contribution in [1.82, 2.24) is 14.8 Å². The first-order valence-electron chi connectivity index (χ1n) is 10.4. The number of rotatable bonds is 6. The second kappa shape index (κ2) is 10.0. The van der Waals surface area contributed by atoms with Gasteiger partial charge in [0.1, 0.15) is 10.6 Å². The predicted octanol–water partition coefficient (Wildman–Crippen LogP) is 4.64. The Labute approximate surface area is 187 Å². The van der Waals surface area contributed by atoms with Gasteiger partial charge in [-0.25, -0.2) is 9.78 Å². The SMILES string of the molecule is CN(CC1CCCN(C(=O)CSCc2nc3ccccc3s2)C1)C(=O)OC(C)(C)C. The zero-order valence-electron chi connectivity index (χ0n) is 18.2. The summed E-state index contributed by atoms with van der Waals surface area (Å²) in [6.45, 7) is 7.71. The predicted molar refractivity (Wildman–Crippen MR) is 124 cm³/mol. The Morgan fingerprint density at radius 1 is 1.33 bits per heavy atom. The lowest BCUT2D eigenvalue weighted by Gasteiger charge is -2.35. The standard InChI is InChI=1S/C22H31N3O3S2/c1-22(2,3)28-21(27)24(4)12-16-8-7-11-25(13-16)20(26)15-29-14-19-23-17-9-5-6-10-18(17)30-19/h5-6,9-10,16H,7-8,11-15H2,1-4H3. The molecule has 1 aromatic heterocycles. The van der Waals surface area contributed by atoms with Gasteiger partial charge in [0, 0.05) is 32.4 Å². The monoisotopic (exact) mass is 449 g/mol. The normalized spacial score (nSPS) is 17.2. The van der Waals surface area contributed by atoms with Gasteiger partial charge in [-0.3, -0.25) is 4.79 Å². The molecule has 0 aliphatic carbocycles. The summed E-state index contributed by atoms with van der Waals surface area (Å²) in [5.74, 6) is 1.68. The maximum atomic E-state index is 12.7. The van der Waals surface area contributed by atoms with Gasteiger partial charge >= 0.3 is 6.09 Å². The van der Waals surface area contributed by atoms with E-state index in [2.05, 4.69) is 11.1 Å². The van der Waals surface area contributed by atoms with Crippen LogP contribution in [0.25, 0.3) is 10.2 Å². The van der Waals surface area contributed by atoms with Crippen LogP contribution >= 0.6 is 23.1 Å². The number of hydrogen-bond donors (Lipinski definition) is 0. The molecule has 3 rings (SSSR count). The smallest absolute Gasteiger partial charge is 0.410 e. The first-order valence-corrected chi connectivity index (χ1v) is 12.3. The molecule has 0 bridgehead atoms. The summed E-state index contributed by atoms with van der Waals surface area (Å²) < 4.78 is 6.62. The number of ether oxygens (including phenoxy) is 1. The summed E-state index contributed by atoms with van der Waals surface area (Å²) in [7, 11) is 1.77. The quantitative estimate of drug-likeness (QED) is 0.643. The number of likely N-dealkylation sites (tertiary alicyclic amines) is 1. The first-order chi connectivity index (χ1) is 14.2. The van der Waals surface area contributed by atoms with Crippen molar-refractivity contribution in [2.75, 3.05) is 32.4 Å². The largest absolute Gasteiger partial charge is 0.444 e. The van der Waals surface area contributed by atoms with Gasteiger partial charge in [0.25, 0.3) is 0 Å². The zero-order chi connectivity index (χ0) is 21.7. The van der Waals surface area contributed by atoms with Crippen LogP contribution in [0.4, 0.5) is 4.79 Å². The highest BCUT2D eigenvalue weighted by Crippen LogP contribution is 2.25. The highest BCUT2D eigenvalue weighted by Gasteiger charge is 2.27. The van der Waals surface area contributed by atoms with E-state index < -0.39 is 5.60 Å². The van der Waals surface area contributed by atoms with Gasteiger partial charge in [0.15, 0.2) is 0 Å². The summed E-state index contributed by atoms with van der Waals surface area (Å²) in [4.78, 5) is 33.1. The van der Waals surface area contributed by atoms with Gasteiger partial charge in [-0.15, -0.1) is 23.1 Å². The fraction of sp³-hybridized carbons (Fsp3) is 0.591. The second-order valence-corrected chi connectivity index (χ2v) is 10.9. The van der Waals surface area contributed by atoms with Gasteiger partial charge in [0.05, 0.1) is 16.0 Å². The van der Waals surface area contributed by atoms with E-state index in [1.165, 1.54) is 4.70 Å². The van der Waals surface area contributed by atoms with Gasteiger partial charge in [0.2, 0.25) is 5.91 Å². The maximum Gasteiger partial charge on any atom is 0.410 e. The Morgan fingerprint density at radius 3 is 2.83 bits per heavy atom. The number of nitrogens with zero attached hydrogens (tertiary/aromatic N) is 3. The topological polar surface area (TPSA) is 62.7 Å². The van der Waals surface area contributed by atoms with E-state index >= 15 is 0 Å². The number of hydrogen-bond acceptors (Lipinski definition) is 6. The molecule has 30 heavy (non-hydrogen) atoms. The highest BCUT2D eigenvalue weighted by atomic mass is 32.2. The molecule has 0 radical (unpaired) electrons. The van der Waals surface area contributed by atoms with Crippen molar-refractivity contribution in [3.63, 3.8) is 0 Å². The van der Waals surface area contributed by atoms with E-state index in [0.717, 1.165) is 35.7 Å². The molecule has 2 amide bonds. The minimum absolute atomic E-state index is 0.172. The summed E-state index contributed by atoms with van der Waals surface area (Å²) in [5, 5.41) is 1.06. The number of aromatic nitrogens is 1. The lowest BCUT2D eigenvalue weighted by atomic mass is 9.97. The Balaban J connectivity index is 1.44. The minimum atomic E-state index is -0.500. The second-order valence-electron chi connectivity index (χ2n) is 8.78. The number of fused-ring (bicyclic) bond motifs is 1. The maximum absolute atomic E-state index is 12.7. The van der Waals surface area contributed by atoms with Crippen molar-refractivity contribution in [3.8, 4) is 0 Å². The molecule has 1 atom stereocenters. The third kappa shape index (κ3) is 6.60. The van der Waals surface area contributed by atoms with Crippen LogP contribution < -0.4 is 0 Å². The molecule has 1 fully saturated rings. The third-order valence-corrected chi connectivity index (χ3v) is 7.05. The van der Waals surface area contributed by atoms with Gasteiger partial charge in [-0.2, -0.15) is 0 Å². The molecule has 1 aliphatic heterocycles. The Hall–Kier alpha value is -1.80.